The molecule has 0 amide bonds. The van der Waals surface area contributed by atoms with Crippen molar-refractivity contribution in [3.05, 3.63) is 11.9 Å². The van der Waals surface area contributed by atoms with Crippen molar-refractivity contribution >= 4 is 11.6 Å². The molecule has 5 nitrogen and oxygen atoms in total. The van der Waals surface area contributed by atoms with Crippen molar-refractivity contribution in [2.24, 2.45) is 0 Å². The molecule has 1 aromatic heterocycles. The third-order valence-electron chi connectivity index (χ3n) is 2.66. The summed E-state index contributed by atoms with van der Waals surface area (Å²) in [6.07, 6.45) is 4.58. The highest BCUT2D eigenvalue weighted by molar-refractivity contribution is 5.57. The van der Waals surface area contributed by atoms with Crippen LogP contribution < -0.4 is 10.6 Å². The minimum absolute atomic E-state index is 0.764. The van der Waals surface area contributed by atoms with Crippen LogP contribution in [-0.2, 0) is 11.2 Å². The monoisotopic (exact) mass is 252 g/mol. The minimum atomic E-state index is 0.764. The number of nitrogens with one attached hydrogen (secondary N) is 2. The summed E-state index contributed by atoms with van der Waals surface area (Å²) in [4.78, 5) is 8.62. The molecule has 0 spiro atoms. The zero-order valence-electron chi connectivity index (χ0n) is 11.6. The first kappa shape index (κ1) is 14.7. The van der Waals surface area contributed by atoms with Crippen molar-refractivity contribution in [2.75, 3.05) is 37.4 Å². The van der Waals surface area contributed by atoms with Gasteiger partial charge in [-0.15, -0.1) is 0 Å². The molecule has 0 fully saturated rings. The predicted molar refractivity (Wildman–Crippen MR) is 75.2 cm³/mol. The van der Waals surface area contributed by atoms with E-state index in [9.17, 15) is 0 Å². The van der Waals surface area contributed by atoms with Gasteiger partial charge in [0.05, 0.1) is 0 Å². The first-order valence-electron chi connectivity index (χ1n) is 6.64. The van der Waals surface area contributed by atoms with Crippen molar-refractivity contribution in [1.82, 2.24) is 9.97 Å². The van der Waals surface area contributed by atoms with Gasteiger partial charge < -0.3 is 15.4 Å². The fourth-order valence-corrected chi connectivity index (χ4v) is 1.72. The van der Waals surface area contributed by atoms with Gasteiger partial charge in [-0.3, -0.25) is 0 Å². The SMILES string of the molecule is CCCNc1ncnc(NCCCOC)c1CC. The van der Waals surface area contributed by atoms with E-state index in [1.54, 1.807) is 13.4 Å². The average molecular weight is 252 g/mol. The fraction of sp³-hybridized carbons (Fsp3) is 0.692. The molecule has 0 aromatic carbocycles. The number of hydrogen-bond acceptors (Lipinski definition) is 5. The Labute approximate surface area is 109 Å². The smallest absolute Gasteiger partial charge is 0.134 e. The van der Waals surface area contributed by atoms with Crippen LogP contribution in [0, 0.1) is 0 Å². The standard InChI is InChI=1S/C13H24N4O/c1-4-7-14-12-11(5-2)13(17-10-16-12)15-8-6-9-18-3/h10H,4-9H2,1-3H3,(H2,14,15,16,17). The third-order valence-corrected chi connectivity index (χ3v) is 2.66. The first-order valence-corrected chi connectivity index (χ1v) is 6.64. The van der Waals surface area contributed by atoms with Crippen LogP contribution in [0.5, 0.6) is 0 Å². The molecule has 1 aromatic rings. The maximum absolute atomic E-state index is 5.03. The Kier molecular flexibility index (Phi) is 7.10. The second-order valence-corrected chi connectivity index (χ2v) is 4.10. The van der Waals surface area contributed by atoms with Crippen LogP contribution in [0.2, 0.25) is 0 Å². The minimum Gasteiger partial charge on any atom is -0.385 e. The lowest BCUT2D eigenvalue weighted by Gasteiger charge is -2.14. The van der Waals surface area contributed by atoms with Gasteiger partial charge in [0.2, 0.25) is 0 Å². The summed E-state index contributed by atoms with van der Waals surface area (Å²) in [7, 11) is 1.72. The van der Waals surface area contributed by atoms with Crippen LogP contribution in [0.25, 0.3) is 0 Å². The van der Waals surface area contributed by atoms with Gasteiger partial charge in [0.25, 0.3) is 0 Å². The Morgan fingerprint density at radius 3 is 2.33 bits per heavy atom. The molecule has 2 N–H and O–H groups in total. The molecule has 5 heteroatoms. The second-order valence-electron chi connectivity index (χ2n) is 4.10. The largest absolute Gasteiger partial charge is 0.385 e. The number of ether oxygens (including phenoxy) is 1. The van der Waals surface area contributed by atoms with E-state index in [-0.39, 0.29) is 0 Å². The van der Waals surface area contributed by atoms with E-state index >= 15 is 0 Å². The van der Waals surface area contributed by atoms with E-state index in [2.05, 4.69) is 34.4 Å². The van der Waals surface area contributed by atoms with E-state index in [0.29, 0.717) is 0 Å². The van der Waals surface area contributed by atoms with E-state index in [1.807, 2.05) is 0 Å². The number of anilines is 2. The predicted octanol–water partition coefficient (Wildman–Crippen LogP) is 2.31. The number of methoxy groups -OCH3 is 1. The summed E-state index contributed by atoms with van der Waals surface area (Å²) in [5, 5.41) is 6.68. The fourth-order valence-electron chi connectivity index (χ4n) is 1.72. The van der Waals surface area contributed by atoms with Crippen molar-refractivity contribution in [2.45, 2.75) is 33.1 Å². The third kappa shape index (κ3) is 4.49. The molecule has 0 unspecified atom stereocenters. The van der Waals surface area contributed by atoms with E-state index in [0.717, 1.165) is 56.2 Å². The van der Waals surface area contributed by atoms with Crippen molar-refractivity contribution < 1.29 is 4.74 Å². The zero-order chi connectivity index (χ0) is 13.2. The van der Waals surface area contributed by atoms with Crippen molar-refractivity contribution in [1.29, 1.82) is 0 Å². The molecule has 0 aliphatic rings. The van der Waals surface area contributed by atoms with Crippen LogP contribution in [0.4, 0.5) is 11.6 Å². The first-order chi connectivity index (χ1) is 8.83. The molecule has 102 valence electrons. The molecule has 0 radical (unpaired) electrons. The molecule has 0 aliphatic carbocycles. The van der Waals surface area contributed by atoms with Crippen molar-refractivity contribution in [3.63, 3.8) is 0 Å². The van der Waals surface area contributed by atoms with Crippen LogP contribution in [-0.4, -0.2) is 36.8 Å². The quantitative estimate of drug-likeness (QED) is 0.660. The Balaban J connectivity index is 2.65. The van der Waals surface area contributed by atoms with Gasteiger partial charge in [0.15, 0.2) is 0 Å². The average Bonchev–Trinajstić information content (AvgIpc) is 2.41. The van der Waals surface area contributed by atoms with Crippen LogP contribution in [0.1, 0.15) is 32.3 Å². The second kappa shape index (κ2) is 8.69. The molecule has 0 aliphatic heterocycles. The Morgan fingerprint density at radius 1 is 1.11 bits per heavy atom. The van der Waals surface area contributed by atoms with Gasteiger partial charge in [-0.25, -0.2) is 9.97 Å². The van der Waals surface area contributed by atoms with E-state index < -0.39 is 0 Å². The van der Waals surface area contributed by atoms with Crippen LogP contribution in [0.3, 0.4) is 0 Å². The lowest BCUT2D eigenvalue weighted by atomic mass is 10.2. The summed E-state index contributed by atoms with van der Waals surface area (Å²) in [5.41, 5.74) is 1.16. The molecule has 1 heterocycles. The zero-order valence-corrected chi connectivity index (χ0v) is 11.6. The Morgan fingerprint density at radius 2 is 1.78 bits per heavy atom. The maximum Gasteiger partial charge on any atom is 0.134 e. The number of rotatable bonds is 9. The highest BCUT2D eigenvalue weighted by Gasteiger charge is 2.08. The number of hydrogen-bond donors (Lipinski definition) is 2. The van der Waals surface area contributed by atoms with Crippen LogP contribution in [0.15, 0.2) is 6.33 Å². The number of nitrogens with zero attached hydrogens (tertiary/aromatic N) is 2. The summed E-state index contributed by atoms with van der Waals surface area (Å²) < 4.78 is 5.03. The normalized spacial score (nSPS) is 10.4. The van der Waals surface area contributed by atoms with Gasteiger partial charge in [0, 0.05) is 32.4 Å². The topological polar surface area (TPSA) is 59.1 Å². The molecule has 1 rings (SSSR count). The molecule has 0 saturated carbocycles. The van der Waals surface area contributed by atoms with Gasteiger partial charge in [0.1, 0.15) is 18.0 Å². The molecular formula is C13H24N4O. The number of aromatic nitrogens is 2. The summed E-state index contributed by atoms with van der Waals surface area (Å²) in [6, 6.07) is 0. The highest BCUT2D eigenvalue weighted by Crippen LogP contribution is 2.20. The van der Waals surface area contributed by atoms with Crippen molar-refractivity contribution in [3.8, 4) is 0 Å². The molecule has 0 bridgehead atoms. The van der Waals surface area contributed by atoms with E-state index in [1.165, 1.54) is 0 Å². The summed E-state index contributed by atoms with van der Waals surface area (Å²) in [6.45, 7) is 6.83. The van der Waals surface area contributed by atoms with Crippen LogP contribution >= 0.6 is 0 Å². The molecule has 0 saturated heterocycles. The molecule has 18 heavy (non-hydrogen) atoms. The van der Waals surface area contributed by atoms with Gasteiger partial charge in [-0.2, -0.15) is 0 Å². The Hall–Kier alpha value is -1.36. The lowest BCUT2D eigenvalue weighted by Crippen LogP contribution is -2.12. The maximum atomic E-state index is 5.03. The summed E-state index contributed by atoms with van der Waals surface area (Å²) in [5.74, 6) is 1.88. The van der Waals surface area contributed by atoms with Gasteiger partial charge in [-0.1, -0.05) is 13.8 Å². The van der Waals surface area contributed by atoms with Gasteiger partial charge >= 0.3 is 0 Å². The van der Waals surface area contributed by atoms with Gasteiger partial charge in [-0.05, 0) is 19.3 Å². The Bertz CT molecular complexity index is 344. The van der Waals surface area contributed by atoms with E-state index in [4.69, 9.17) is 4.74 Å². The highest BCUT2D eigenvalue weighted by atomic mass is 16.5. The summed E-state index contributed by atoms with van der Waals surface area (Å²) >= 11 is 0. The molecule has 0 atom stereocenters. The molecular weight excluding hydrogens is 228 g/mol. The lowest BCUT2D eigenvalue weighted by molar-refractivity contribution is 0.197.